The van der Waals surface area contributed by atoms with Crippen molar-refractivity contribution in [1.82, 2.24) is 14.8 Å². The van der Waals surface area contributed by atoms with Gasteiger partial charge >= 0.3 is 0 Å². The quantitative estimate of drug-likeness (QED) is 0.931. The number of nitrogens with one attached hydrogen (secondary N) is 1. The molecule has 0 aliphatic heterocycles. The van der Waals surface area contributed by atoms with Crippen molar-refractivity contribution < 1.29 is 13.9 Å². The molecule has 1 aliphatic rings. The molecule has 6 nitrogen and oxygen atoms in total. The summed E-state index contributed by atoms with van der Waals surface area (Å²) >= 11 is 0. The summed E-state index contributed by atoms with van der Waals surface area (Å²) in [4.78, 5) is 15.8. The van der Waals surface area contributed by atoms with Gasteiger partial charge in [-0.2, -0.15) is 5.10 Å². The van der Waals surface area contributed by atoms with Gasteiger partial charge in [0, 0.05) is 25.1 Å². The summed E-state index contributed by atoms with van der Waals surface area (Å²) in [5.41, 5.74) is 0.378. The first-order valence-electron chi connectivity index (χ1n) is 6.55. The second-order valence-electron chi connectivity index (χ2n) is 4.95. The number of aromatic nitrogens is 3. The van der Waals surface area contributed by atoms with Gasteiger partial charge in [-0.25, -0.2) is 9.37 Å². The van der Waals surface area contributed by atoms with Crippen molar-refractivity contribution in [2.45, 2.75) is 12.8 Å². The highest BCUT2D eigenvalue weighted by Gasteiger charge is 2.30. The maximum absolute atomic E-state index is 14.1. The van der Waals surface area contributed by atoms with Crippen LogP contribution in [0.4, 0.5) is 10.1 Å². The number of anilines is 1. The first-order chi connectivity index (χ1) is 10.1. The fraction of sp³-hybridized carbons (Fsp3) is 0.357. The lowest BCUT2D eigenvalue weighted by atomic mass is 10.1. The Kier molecular flexibility index (Phi) is 3.32. The van der Waals surface area contributed by atoms with E-state index in [1.165, 1.54) is 24.2 Å². The Hall–Kier alpha value is -2.44. The minimum Gasteiger partial charge on any atom is -0.496 e. The highest BCUT2D eigenvalue weighted by Crippen LogP contribution is 2.34. The van der Waals surface area contributed by atoms with Crippen molar-refractivity contribution in [3.8, 4) is 17.1 Å². The summed E-state index contributed by atoms with van der Waals surface area (Å²) in [7, 11) is 3.17. The lowest BCUT2D eigenvalue weighted by molar-refractivity contribution is -0.117. The van der Waals surface area contributed by atoms with E-state index >= 15 is 0 Å². The molecule has 2 aromatic rings. The Morgan fingerprint density at radius 3 is 2.90 bits per heavy atom. The normalized spacial score (nSPS) is 14.0. The molecular weight excluding hydrogens is 275 g/mol. The van der Waals surface area contributed by atoms with Crippen LogP contribution in [0.3, 0.4) is 0 Å². The molecule has 3 rings (SSSR count). The van der Waals surface area contributed by atoms with E-state index in [-0.39, 0.29) is 17.5 Å². The van der Waals surface area contributed by atoms with Crippen LogP contribution in [0.2, 0.25) is 0 Å². The predicted octanol–water partition coefficient (Wildman–Crippen LogP) is 1.78. The molecule has 1 aliphatic carbocycles. The molecule has 109 valence electrons. The molecule has 1 amide bonds. The van der Waals surface area contributed by atoms with Crippen molar-refractivity contribution in [1.29, 1.82) is 0 Å². The van der Waals surface area contributed by atoms with Crippen LogP contribution >= 0.6 is 0 Å². The van der Waals surface area contributed by atoms with Gasteiger partial charge in [0.05, 0.1) is 18.4 Å². The SMILES string of the molecule is COc1cc(NC(=O)C2CC2)c(F)[c]c1-c1ncn(C)n1. The third-order valence-corrected chi connectivity index (χ3v) is 3.24. The Labute approximate surface area is 120 Å². The molecular formula is C14H14FN4O2. The number of benzene rings is 1. The molecule has 7 heteroatoms. The number of carbonyl (C=O) groups is 1. The lowest BCUT2D eigenvalue weighted by Crippen LogP contribution is -2.14. The summed E-state index contributed by atoms with van der Waals surface area (Å²) in [6.07, 6.45) is 3.21. The monoisotopic (exact) mass is 289 g/mol. The van der Waals surface area contributed by atoms with Crippen molar-refractivity contribution in [2.75, 3.05) is 12.4 Å². The average Bonchev–Trinajstić information content (AvgIpc) is 3.23. The fourth-order valence-corrected chi connectivity index (χ4v) is 1.96. The van der Waals surface area contributed by atoms with Crippen LogP contribution in [0.5, 0.6) is 5.75 Å². The van der Waals surface area contributed by atoms with Crippen molar-refractivity contribution in [3.05, 3.63) is 24.3 Å². The van der Waals surface area contributed by atoms with Gasteiger partial charge in [0.1, 0.15) is 12.1 Å². The predicted molar refractivity (Wildman–Crippen MR) is 73.1 cm³/mol. The van der Waals surface area contributed by atoms with Gasteiger partial charge in [-0.15, -0.1) is 0 Å². The first kappa shape index (κ1) is 13.5. The molecule has 1 saturated carbocycles. The van der Waals surface area contributed by atoms with E-state index in [1.807, 2.05) is 0 Å². The number of aryl methyl sites for hydroxylation is 1. The summed E-state index contributed by atoms with van der Waals surface area (Å²) in [6.45, 7) is 0. The topological polar surface area (TPSA) is 69.0 Å². The van der Waals surface area contributed by atoms with Crippen LogP contribution in [0.1, 0.15) is 12.8 Å². The Morgan fingerprint density at radius 2 is 2.33 bits per heavy atom. The third-order valence-electron chi connectivity index (χ3n) is 3.24. The molecule has 1 aromatic carbocycles. The number of methoxy groups -OCH3 is 1. The molecule has 1 fully saturated rings. The van der Waals surface area contributed by atoms with Crippen LogP contribution in [0.15, 0.2) is 12.4 Å². The van der Waals surface area contributed by atoms with Crippen molar-refractivity contribution in [2.24, 2.45) is 13.0 Å². The molecule has 0 bridgehead atoms. The number of halogens is 1. The fourth-order valence-electron chi connectivity index (χ4n) is 1.96. The van der Waals surface area contributed by atoms with Crippen LogP contribution in [-0.4, -0.2) is 27.8 Å². The summed E-state index contributed by atoms with van der Waals surface area (Å²) in [6, 6.07) is 3.97. The van der Waals surface area contributed by atoms with Crippen LogP contribution in [0, 0.1) is 17.8 Å². The molecule has 21 heavy (non-hydrogen) atoms. The Morgan fingerprint density at radius 1 is 1.57 bits per heavy atom. The summed E-state index contributed by atoms with van der Waals surface area (Å²) < 4.78 is 20.8. The van der Waals surface area contributed by atoms with Gasteiger partial charge in [-0.1, -0.05) is 0 Å². The third kappa shape index (κ3) is 2.72. The van der Waals surface area contributed by atoms with Crippen molar-refractivity contribution in [3.63, 3.8) is 0 Å². The van der Waals surface area contributed by atoms with E-state index in [9.17, 15) is 9.18 Å². The first-order valence-corrected chi connectivity index (χ1v) is 6.55. The maximum Gasteiger partial charge on any atom is 0.227 e. The Balaban J connectivity index is 1.95. The molecule has 1 N–H and O–H groups in total. The van der Waals surface area contributed by atoms with Crippen molar-refractivity contribution >= 4 is 11.6 Å². The van der Waals surface area contributed by atoms with E-state index in [0.717, 1.165) is 12.8 Å². The van der Waals surface area contributed by atoms with E-state index in [1.54, 1.807) is 7.05 Å². The molecule has 1 heterocycles. The minimum absolute atomic E-state index is 0.00692. The molecule has 0 saturated heterocycles. The zero-order chi connectivity index (χ0) is 15.0. The molecule has 1 radical (unpaired) electrons. The average molecular weight is 289 g/mol. The Bertz CT molecular complexity index is 694. The number of rotatable bonds is 4. The number of ether oxygens (including phenoxy) is 1. The minimum atomic E-state index is -0.660. The highest BCUT2D eigenvalue weighted by molar-refractivity contribution is 5.94. The number of hydrogen-bond donors (Lipinski definition) is 1. The van der Waals surface area contributed by atoms with E-state index in [0.29, 0.717) is 17.1 Å². The van der Waals surface area contributed by atoms with E-state index < -0.39 is 5.82 Å². The van der Waals surface area contributed by atoms with Gasteiger partial charge in [0.25, 0.3) is 0 Å². The number of amides is 1. The molecule has 1 aromatic heterocycles. The lowest BCUT2D eigenvalue weighted by Gasteiger charge is -2.10. The largest absolute Gasteiger partial charge is 0.496 e. The number of carbonyl (C=O) groups excluding carboxylic acids is 1. The zero-order valence-corrected chi connectivity index (χ0v) is 11.7. The smallest absolute Gasteiger partial charge is 0.227 e. The van der Waals surface area contributed by atoms with Gasteiger partial charge in [0.15, 0.2) is 11.6 Å². The van der Waals surface area contributed by atoms with Gasteiger partial charge in [-0.3, -0.25) is 9.48 Å². The summed E-state index contributed by atoms with van der Waals surface area (Å²) in [5.74, 6) is -0.171. The number of nitrogens with zero attached hydrogens (tertiary/aromatic N) is 3. The van der Waals surface area contributed by atoms with E-state index in [4.69, 9.17) is 4.74 Å². The van der Waals surface area contributed by atoms with Gasteiger partial charge < -0.3 is 10.1 Å². The second-order valence-corrected chi connectivity index (χ2v) is 4.95. The van der Waals surface area contributed by atoms with Gasteiger partial charge in [-0.05, 0) is 12.8 Å². The highest BCUT2D eigenvalue weighted by atomic mass is 19.1. The zero-order valence-electron chi connectivity index (χ0n) is 11.7. The maximum atomic E-state index is 14.1. The molecule has 0 spiro atoms. The molecule has 0 unspecified atom stereocenters. The van der Waals surface area contributed by atoms with Crippen LogP contribution in [-0.2, 0) is 11.8 Å². The van der Waals surface area contributed by atoms with Crippen LogP contribution in [0.25, 0.3) is 11.4 Å². The molecule has 0 atom stereocenters. The van der Waals surface area contributed by atoms with Crippen LogP contribution < -0.4 is 10.1 Å². The van der Waals surface area contributed by atoms with Gasteiger partial charge in [0.2, 0.25) is 5.91 Å². The number of hydrogen-bond acceptors (Lipinski definition) is 4. The summed E-state index contributed by atoms with van der Waals surface area (Å²) in [5, 5.41) is 6.66. The standard InChI is InChI=1S/C14H14FN4O2/c1-19-7-16-13(18-19)9-5-10(15)11(6-12(9)21-2)17-14(20)8-3-4-8/h6-8H,3-4H2,1-2H3,(H,17,20). The van der Waals surface area contributed by atoms with E-state index in [2.05, 4.69) is 21.5 Å². The second kappa shape index (κ2) is 5.16.